The Morgan fingerprint density at radius 3 is 3.11 bits per heavy atom. The largest absolute Gasteiger partial charge is 0.296 e. The highest BCUT2D eigenvalue weighted by Gasteiger charge is 2.30. The number of amides is 1. The van der Waals surface area contributed by atoms with Crippen LogP contribution in [0.1, 0.15) is 11.3 Å². The highest BCUT2D eigenvalue weighted by atomic mass is 32.1. The van der Waals surface area contributed by atoms with Crippen molar-refractivity contribution in [3.05, 3.63) is 47.3 Å². The molecule has 3 heterocycles. The van der Waals surface area contributed by atoms with E-state index in [1.165, 1.54) is 4.88 Å². The Balaban J connectivity index is 1.84. The lowest BCUT2D eigenvalue weighted by Crippen LogP contribution is -2.27. The van der Waals surface area contributed by atoms with Gasteiger partial charge in [-0.05, 0) is 11.4 Å². The number of thiophene rings is 1. The summed E-state index contributed by atoms with van der Waals surface area (Å²) >= 11 is 1.70. The fourth-order valence-corrected chi connectivity index (χ4v) is 3.03. The Bertz CT molecular complexity index is 588. The van der Waals surface area contributed by atoms with Crippen molar-refractivity contribution >= 4 is 23.1 Å². The first-order valence-electron chi connectivity index (χ1n) is 6.25. The van der Waals surface area contributed by atoms with E-state index >= 15 is 0 Å². The van der Waals surface area contributed by atoms with Gasteiger partial charge in [0.25, 0.3) is 0 Å². The molecule has 1 amide bonds. The lowest BCUT2D eigenvalue weighted by molar-refractivity contribution is -0.117. The molecular formula is C14H15N3OS. The molecule has 0 bridgehead atoms. The maximum absolute atomic E-state index is 12.0. The second-order valence-corrected chi connectivity index (χ2v) is 5.66. The molecule has 0 aliphatic carbocycles. The monoisotopic (exact) mass is 273 g/mol. The Morgan fingerprint density at radius 1 is 1.53 bits per heavy atom. The Morgan fingerprint density at radius 2 is 2.42 bits per heavy atom. The van der Waals surface area contributed by atoms with Crippen molar-refractivity contribution in [2.45, 2.75) is 13.0 Å². The highest BCUT2D eigenvalue weighted by molar-refractivity contribution is 7.09. The van der Waals surface area contributed by atoms with Gasteiger partial charge in [-0.3, -0.25) is 9.69 Å². The van der Waals surface area contributed by atoms with E-state index in [1.54, 1.807) is 17.5 Å². The van der Waals surface area contributed by atoms with Gasteiger partial charge in [0.2, 0.25) is 5.91 Å². The van der Waals surface area contributed by atoms with Crippen molar-refractivity contribution in [2.24, 2.45) is 5.92 Å². The van der Waals surface area contributed by atoms with Crippen LogP contribution >= 0.6 is 11.3 Å². The van der Waals surface area contributed by atoms with Crippen molar-refractivity contribution in [2.75, 3.05) is 11.4 Å². The summed E-state index contributed by atoms with van der Waals surface area (Å²) in [4.78, 5) is 15.1. The fourth-order valence-electron chi connectivity index (χ4n) is 2.34. The Labute approximate surface area is 116 Å². The van der Waals surface area contributed by atoms with E-state index in [0.717, 1.165) is 5.82 Å². The summed E-state index contributed by atoms with van der Waals surface area (Å²) in [6.45, 7) is 5.19. The van der Waals surface area contributed by atoms with Gasteiger partial charge in [0.15, 0.2) is 0 Å². The van der Waals surface area contributed by atoms with Gasteiger partial charge in [0.1, 0.15) is 5.82 Å². The van der Waals surface area contributed by atoms with Gasteiger partial charge < -0.3 is 0 Å². The van der Waals surface area contributed by atoms with Gasteiger partial charge in [-0.25, -0.2) is 4.68 Å². The van der Waals surface area contributed by atoms with Crippen LogP contribution in [0, 0.1) is 5.92 Å². The van der Waals surface area contributed by atoms with Crippen LogP contribution in [0.5, 0.6) is 0 Å². The van der Waals surface area contributed by atoms with Gasteiger partial charge in [0.05, 0.1) is 12.7 Å². The normalized spacial score (nSPS) is 19.1. The summed E-state index contributed by atoms with van der Waals surface area (Å²) in [6.07, 6.45) is 4.16. The van der Waals surface area contributed by atoms with Crippen LogP contribution in [0.15, 0.2) is 42.4 Å². The first kappa shape index (κ1) is 12.2. The quantitative estimate of drug-likeness (QED) is 0.803. The molecule has 0 spiro atoms. The molecule has 5 heteroatoms. The first-order chi connectivity index (χ1) is 9.28. The van der Waals surface area contributed by atoms with E-state index in [0.29, 0.717) is 19.5 Å². The van der Waals surface area contributed by atoms with Gasteiger partial charge in [-0.2, -0.15) is 5.10 Å². The molecule has 98 valence electrons. The zero-order valence-corrected chi connectivity index (χ0v) is 11.3. The molecule has 1 aliphatic heterocycles. The average Bonchev–Trinajstić information content (AvgIpc) is 3.10. The van der Waals surface area contributed by atoms with E-state index in [-0.39, 0.29) is 11.8 Å². The molecular weight excluding hydrogens is 258 g/mol. The van der Waals surface area contributed by atoms with E-state index in [1.807, 2.05) is 33.2 Å². The van der Waals surface area contributed by atoms with Gasteiger partial charge >= 0.3 is 0 Å². The van der Waals surface area contributed by atoms with Crippen LogP contribution in [0.3, 0.4) is 0 Å². The predicted octanol–water partition coefficient (Wildman–Crippen LogP) is 2.53. The molecule has 3 rings (SSSR count). The second kappa shape index (κ2) is 5.01. The summed E-state index contributed by atoms with van der Waals surface area (Å²) in [5, 5.41) is 6.37. The number of hydrogen-bond acceptors (Lipinski definition) is 3. The minimum absolute atomic E-state index is 0.151. The van der Waals surface area contributed by atoms with Crippen molar-refractivity contribution < 1.29 is 4.79 Å². The van der Waals surface area contributed by atoms with Gasteiger partial charge in [-0.15, -0.1) is 17.9 Å². The Hall–Kier alpha value is -1.88. The molecule has 0 aromatic carbocycles. The third-order valence-corrected chi connectivity index (χ3v) is 4.21. The third-order valence-electron chi connectivity index (χ3n) is 3.34. The molecule has 1 aliphatic rings. The topological polar surface area (TPSA) is 38.1 Å². The van der Waals surface area contributed by atoms with E-state index in [2.05, 4.69) is 17.7 Å². The average molecular weight is 273 g/mol. The first-order valence-corrected chi connectivity index (χ1v) is 7.13. The zero-order chi connectivity index (χ0) is 13.2. The zero-order valence-electron chi connectivity index (χ0n) is 10.5. The van der Waals surface area contributed by atoms with Crippen molar-refractivity contribution in [1.82, 2.24) is 9.78 Å². The second-order valence-electron chi connectivity index (χ2n) is 4.63. The molecule has 0 radical (unpaired) electrons. The molecule has 0 N–H and O–H groups in total. The SMILES string of the molecule is C=CC1CC(=O)N(c2ccnn2Cc2cccs2)C1. The minimum Gasteiger partial charge on any atom is -0.296 e. The number of anilines is 1. The summed E-state index contributed by atoms with van der Waals surface area (Å²) in [6, 6.07) is 6.00. The Kier molecular flexibility index (Phi) is 3.21. The van der Waals surface area contributed by atoms with Crippen molar-refractivity contribution in [3.8, 4) is 0 Å². The van der Waals surface area contributed by atoms with Crippen LogP contribution in [0.2, 0.25) is 0 Å². The number of carbonyl (C=O) groups is 1. The summed E-state index contributed by atoms with van der Waals surface area (Å²) in [5.74, 6) is 1.28. The maximum Gasteiger partial charge on any atom is 0.228 e. The van der Waals surface area contributed by atoms with Crippen LogP contribution in [0.25, 0.3) is 0 Å². The molecule has 1 atom stereocenters. The van der Waals surface area contributed by atoms with Crippen molar-refractivity contribution in [3.63, 3.8) is 0 Å². The molecule has 2 aromatic rings. The summed E-state index contributed by atoms with van der Waals surface area (Å²) < 4.78 is 1.88. The molecule has 2 aromatic heterocycles. The number of nitrogens with zero attached hydrogens (tertiary/aromatic N) is 3. The third kappa shape index (κ3) is 2.33. The van der Waals surface area contributed by atoms with Gasteiger partial charge in [-0.1, -0.05) is 12.1 Å². The fraction of sp³-hybridized carbons (Fsp3) is 0.286. The molecule has 19 heavy (non-hydrogen) atoms. The van der Waals surface area contributed by atoms with Crippen LogP contribution in [0.4, 0.5) is 5.82 Å². The number of aromatic nitrogens is 2. The molecule has 1 unspecified atom stereocenters. The van der Waals surface area contributed by atoms with E-state index in [4.69, 9.17) is 0 Å². The molecule has 1 fully saturated rings. The smallest absolute Gasteiger partial charge is 0.228 e. The van der Waals surface area contributed by atoms with Crippen molar-refractivity contribution in [1.29, 1.82) is 0 Å². The molecule has 0 saturated carbocycles. The summed E-state index contributed by atoms with van der Waals surface area (Å²) in [5.41, 5.74) is 0. The van der Waals surface area contributed by atoms with Crippen LogP contribution in [-0.4, -0.2) is 22.2 Å². The molecule has 1 saturated heterocycles. The highest BCUT2D eigenvalue weighted by Crippen LogP contribution is 2.26. The summed E-state index contributed by atoms with van der Waals surface area (Å²) in [7, 11) is 0. The lowest BCUT2D eigenvalue weighted by atomic mass is 10.1. The predicted molar refractivity (Wildman–Crippen MR) is 76.3 cm³/mol. The van der Waals surface area contributed by atoms with E-state index in [9.17, 15) is 4.79 Å². The minimum atomic E-state index is 0.151. The number of hydrogen-bond donors (Lipinski definition) is 0. The number of carbonyl (C=O) groups excluding carboxylic acids is 1. The number of rotatable bonds is 4. The van der Waals surface area contributed by atoms with Gasteiger partial charge in [0, 0.05) is 29.8 Å². The maximum atomic E-state index is 12.0. The standard InChI is InChI=1S/C14H15N3OS/c1-2-11-8-14(18)16(9-11)13-5-6-15-17(13)10-12-4-3-7-19-12/h2-7,11H,1,8-10H2. The van der Waals surface area contributed by atoms with Crippen LogP contribution < -0.4 is 4.90 Å². The molecule has 4 nitrogen and oxygen atoms in total. The van der Waals surface area contributed by atoms with E-state index < -0.39 is 0 Å². The lowest BCUT2D eigenvalue weighted by Gasteiger charge is -2.17. The van der Waals surface area contributed by atoms with Crippen LogP contribution in [-0.2, 0) is 11.3 Å².